The maximum Gasteiger partial charge on any atom is 0.257 e. The number of carbonyl (C=O) groups is 1. The van der Waals surface area contributed by atoms with Crippen LogP contribution in [0.25, 0.3) is 0 Å². The van der Waals surface area contributed by atoms with E-state index >= 15 is 0 Å². The third-order valence-electron chi connectivity index (χ3n) is 5.43. The molecule has 1 aromatic heterocycles. The highest BCUT2D eigenvalue weighted by atomic mass is 16.5. The number of hydrogen-bond donors (Lipinski definition) is 0. The van der Waals surface area contributed by atoms with Crippen molar-refractivity contribution in [3.05, 3.63) is 24.2 Å². The molecule has 0 aliphatic carbocycles. The lowest BCUT2D eigenvalue weighted by atomic mass is 9.88. The molecule has 5 nitrogen and oxygen atoms in total. The smallest absolute Gasteiger partial charge is 0.257 e. The van der Waals surface area contributed by atoms with Crippen molar-refractivity contribution in [2.24, 2.45) is 11.8 Å². The van der Waals surface area contributed by atoms with Gasteiger partial charge in [-0.05, 0) is 43.7 Å². The number of amides is 1. The third-order valence-corrected chi connectivity index (χ3v) is 5.43. The van der Waals surface area contributed by atoms with Crippen LogP contribution in [0, 0.1) is 11.8 Å². The molecule has 4 heterocycles. The first-order valence-electron chi connectivity index (χ1n) is 8.45. The Bertz CT molecular complexity index is 510. The van der Waals surface area contributed by atoms with Gasteiger partial charge in [0.25, 0.3) is 5.91 Å². The van der Waals surface area contributed by atoms with Gasteiger partial charge in [-0.25, -0.2) is 0 Å². The number of piperidine rings is 1. The highest BCUT2D eigenvalue weighted by Crippen LogP contribution is 2.32. The zero-order valence-electron chi connectivity index (χ0n) is 12.9. The van der Waals surface area contributed by atoms with Gasteiger partial charge in [0.15, 0.2) is 0 Å². The third kappa shape index (κ3) is 2.79. The van der Waals surface area contributed by atoms with Crippen molar-refractivity contribution < 1.29 is 13.9 Å². The molecule has 4 rings (SSSR count). The van der Waals surface area contributed by atoms with Gasteiger partial charge in [0.2, 0.25) is 0 Å². The number of ether oxygens (including phenoxy) is 1. The zero-order chi connectivity index (χ0) is 14.9. The number of rotatable bonds is 3. The van der Waals surface area contributed by atoms with E-state index in [1.807, 2.05) is 4.90 Å². The number of likely N-dealkylation sites (tertiary alicyclic amines) is 2. The van der Waals surface area contributed by atoms with Crippen LogP contribution in [0.15, 0.2) is 23.0 Å². The highest BCUT2D eigenvalue weighted by Gasteiger charge is 2.39. The van der Waals surface area contributed by atoms with Crippen LogP contribution in [-0.2, 0) is 4.74 Å². The molecule has 0 radical (unpaired) electrons. The summed E-state index contributed by atoms with van der Waals surface area (Å²) >= 11 is 0. The monoisotopic (exact) mass is 304 g/mol. The normalized spacial score (nSPS) is 32.4. The van der Waals surface area contributed by atoms with E-state index in [0.717, 1.165) is 39.3 Å². The first kappa shape index (κ1) is 14.3. The SMILES string of the molecule is O=C(c1ccoc1)N1C[C@H]2CN(C[C@H]3CCCO3)CC[C@H]2C1. The summed E-state index contributed by atoms with van der Waals surface area (Å²) in [6, 6.07) is 1.76. The number of furan rings is 1. The van der Waals surface area contributed by atoms with Gasteiger partial charge in [0.05, 0.1) is 17.9 Å². The van der Waals surface area contributed by atoms with Crippen molar-refractivity contribution in [2.75, 3.05) is 39.3 Å². The lowest BCUT2D eigenvalue weighted by Gasteiger charge is -2.35. The Hall–Kier alpha value is -1.33. The lowest BCUT2D eigenvalue weighted by Crippen LogP contribution is -2.43. The Morgan fingerprint density at radius 1 is 1.23 bits per heavy atom. The van der Waals surface area contributed by atoms with Crippen molar-refractivity contribution >= 4 is 5.91 Å². The number of fused-ring (bicyclic) bond motifs is 1. The standard InChI is InChI=1S/C17H24N2O3/c20-17(14-4-7-21-12-14)19-9-13-3-5-18(8-15(13)10-19)11-16-2-1-6-22-16/h4,7,12-13,15-16H,1-3,5-6,8-11H2/t13-,15+,16+/m0/s1. The minimum absolute atomic E-state index is 0.119. The molecule has 0 saturated carbocycles. The molecule has 5 heteroatoms. The van der Waals surface area contributed by atoms with Crippen LogP contribution >= 0.6 is 0 Å². The molecule has 0 spiro atoms. The van der Waals surface area contributed by atoms with Crippen LogP contribution in [0.5, 0.6) is 0 Å². The van der Waals surface area contributed by atoms with Crippen LogP contribution in [0.1, 0.15) is 29.6 Å². The average Bonchev–Trinajstić information content (AvgIpc) is 3.27. The average molecular weight is 304 g/mol. The summed E-state index contributed by atoms with van der Waals surface area (Å²) in [6.45, 7) is 6.05. The van der Waals surface area contributed by atoms with E-state index in [-0.39, 0.29) is 5.91 Å². The van der Waals surface area contributed by atoms with E-state index in [1.54, 1.807) is 18.6 Å². The second-order valence-corrected chi connectivity index (χ2v) is 6.93. The topological polar surface area (TPSA) is 45.9 Å². The van der Waals surface area contributed by atoms with Crippen LogP contribution < -0.4 is 0 Å². The molecule has 120 valence electrons. The Morgan fingerprint density at radius 3 is 2.91 bits per heavy atom. The van der Waals surface area contributed by atoms with Gasteiger partial charge in [-0.3, -0.25) is 4.79 Å². The summed E-state index contributed by atoms with van der Waals surface area (Å²) in [6.07, 6.45) is 7.16. The van der Waals surface area contributed by atoms with E-state index in [0.29, 0.717) is 23.5 Å². The summed E-state index contributed by atoms with van der Waals surface area (Å²) in [4.78, 5) is 17.0. The van der Waals surface area contributed by atoms with Crippen LogP contribution in [0.3, 0.4) is 0 Å². The van der Waals surface area contributed by atoms with E-state index < -0.39 is 0 Å². The lowest BCUT2D eigenvalue weighted by molar-refractivity contribution is 0.0506. The fourth-order valence-corrected chi connectivity index (χ4v) is 4.22. The molecule has 3 aliphatic heterocycles. The summed E-state index contributed by atoms with van der Waals surface area (Å²) in [5.41, 5.74) is 0.676. The molecule has 1 amide bonds. The van der Waals surface area contributed by atoms with Gasteiger partial charge in [-0.1, -0.05) is 0 Å². The zero-order valence-corrected chi connectivity index (χ0v) is 12.9. The second-order valence-electron chi connectivity index (χ2n) is 6.93. The quantitative estimate of drug-likeness (QED) is 0.855. The van der Waals surface area contributed by atoms with Crippen LogP contribution in [0.4, 0.5) is 0 Å². The van der Waals surface area contributed by atoms with E-state index in [4.69, 9.17) is 9.15 Å². The minimum Gasteiger partial charge on any atom is -0.472 e. The molecule has 3 fully saturated rings. The minimum atomic E-state index is 0.119. The molecular weight excluding hydrogens is 280 g/mol. The van der Waals surface area contributed by atoms with Gasteiger partial charge in [-0.15, -0.1) is 0 Å². The molecule has 3 aliphatic rings. The maximum atomic E-state index is 12.4. The van der Waals surface area contributed by atoms with Crippen molar-refractivity contribution in [3.63, 3.8) is 0 Å². The van der Waals surface area contributed by atoms with E-state index in [2.05, 4.69) is 4.90 Å². The second kappa shape index (κ2) is 6.05. The molecule has 0 N–H and O–H groups in total. The molecular formula is C17H24N2O3. The summed E-state index contributed by atoms with van der Waals surface area (Å²) < 4.78 is 10.8. The van der Waals surface area contributed by atoms with Gasteiger partial charge < -0.3 is 19.0 Å². The number of hydrogen-bond acceptors (Lipinski definition) is 4. The Labute approximate surface area is 131 Å². The molecule has 3 atom stereocenters. The molecule has 1 aromatic rings. The van der Waals surface area contributed by atoms with Crippen molar-refractivity contribution in [1.29, 1.82) is 0 Å². The van der Waals surface area contributed by atoms with Crippen molar-refractivity contribution in [3.8, 4) is 0 Å². The molecule has 0 bridgehead atoms. The Kier molecular flexibility index (Phi) is 3.92. The predicted molar refractivity (Wildman–Crippen MR) is 81.6 cm³/mol. The fraction of sp³-hybridized carbons (Fsp3) is 0.706. The van der Waals surface area contributed by atoms with Gasteiger partial charge in [0, 0.05) is 32.8 Å². The maximum absolute atomic E-state index is 12.4. The number of nitrogens with zero attached hydrogens (tertiary/aromatic N) is 2. The van der Waals surface area contributed by atoms with Crippen molar-refractivity contribution in [2.45, 2.75) is 25.4 Å². The summed E-state index contributed by atoms with van der Waals surface area (Å²) in [5.74, 6) is 1.40. The Morgan fingerprint density at radius 2 is 2.14 bits per heavy atom. The summed E-state index contributed by atoms with van der Waals surface area (Å²) in [7, 11) is 0. The number of carbonyl (C=O) groups excluding carboxylic acids is 1. The largest absolute Gasteiger partial charge is 0.472 e. The fourth-order valence-electron chi connectivity index (χ4n) is 4.22. The van der Waals surface area contributed by atoms with Crippen LogP contribution in [-0.4, -0.2) is 61.1 Å². The van der Waals surface area contributed by atoms with Crippen LogP contribution in [0.2, 0.25) is 0 Å². The van der Waals surface area contributed by atoms with Gasteiger partial charge in [0.1, 0.15) is 6.26 Å². The first-order valence-corrected chi connectivity index (χ1v) is 8.45. The predicted octanol–water partition coefficient (Wildman–Crippen LogP) is 1.85. The molecule has 0 aromatic carbocycles. The van der Waals surface area contributed by atoms with E-state index in [1.165, 1.54) is 19.3 Å². The Balaban J connectivity index is 1.34. The van der Waals surface area contributed by atoms with E-state index in [9.17, 15) is 4.79 Å². The molecule has 22 heavy (non-hydrogen) atoms. The first-order chi connectivity index (χ1) is 10.8. The van der Waals surface area contributed by atoms with Gasteiger partial charge >= 0.3 is 0 Å². The molecule has 3 saturated heterocycles. The molecule has 0 unspecified atom stereocenters. The van der Waals surface area contributed by atoms with Crippen molar-refractivity contribution in [1.82, 2.24) is 9.80 Å². The summed E-state index contributed by atoms with van der Waals surface area (Å²) in [5, 5.41) is 0. The highest BCUT2D eigenvalue weighted by molar-refractivity contribution is 5.94. The van der Waals surface area contributed by atoms with Gasteiger partial charge in [-0.2, -0.15) is 0 Å².